The number of nitrogens with zero attached hydrogens (tertiary/aromatic N) is 1. The van der Waals surface area contributed by atoms with E-state index in [1.165, 1.54) is 14.2 Å². The van der Waals surface area contributed by atoms with E-state index < -0.39 is 27.9 Å². The SMILES string of the molecule is COc1ccc(C(CC(=O)O)NC(=O)CN2CCCS2(=O)=O)c(OC)c1. The van der Waals surface area contributed by atoms with Crippen molar-refractivity contribution in [3.63, 3.8) is 0 Å². The Morgan fingerprint density at radius 2 is 2.04 bits per heavy atom. The number of rotatable bonds is 8. The minimum absolute atomic E-state index is 0.0190. The largest absolute Gasteiger partial charge is 0.497 e. The van der Waals surface area contributed by atoms with Crippen molar-refractivity contribution in [2.24, 2.45) is 0 Å². The summed E-state index contributed by atoms with van der Waals surface area (Å²) in [7, 11) is -0.500. The number of nitrogens with one attached hydrogen (secondary N) is 1. The first-order valence-electron chi connectivity index (χ1n) is 7.97. The Kier molecular flexibility index (Phi) is 6.43. The lowest BCUT2D eigenvalue weighted by molar-refractivity contribution is -0.137. The summed E-state index contributed by atoms with van der Waals surface area (Å²) in [5.74, 6) is -0.772. The van der Waals surface area contributed by atoms with Gasteiger partial charge in [-0.2, -0.15) is 4.31 Å². The standard InChI is InChI=1S/C16H22N2O7S/c1-24-11-4-5-12(14(8-11)25-2)13(9-16(20)21)17-15(19)10-18-6-3-7-26(18,22)23/h4-5,8,13H,3,6-7,9-10H2,1-2H3,(H,17,19)(H,20,21). The number of amides is 1. The van der Waals surface area contributed by atoms with E-state index >= 15 is 0 Å². The van der Waals surface area contributed by atoms with Crippen LogP contribution in [0.2, 0.25) is 0 Å². The molecule has 1 fully saturated rings. The lowest BCUT2D eigenvalue weighted by Gasteiger charge is -2.22. The number of carbonyl (C=O) groups is 2. The highest BCUT2D eigenvalue weighted by atomic mass is 32.2. The van der Waals surface area contributed by atoms with Crippen LogP contribution in [0.3, 0.4) is 0 Å². The molecule has 2 rings (SSSR count). The smallest absolute Gasteiger partial charge is 0.305 e. The van der Waals surface area contributed by atoms with Crippen LogP contribution in [-0.2, 0) is 19.6 Å². The normalized spacial score (nSPS) is 17.5. The van der Waals surface area contributed by atoms with Crippen LogP contribution in [0.15, 0.2) is 18.2 Å². The van der Waals surface area contributed by atoms with E-state index in [1.54, 1.807) is 18.2 Å². The minimum Gasteiger partial charge on any atom is -0.497 e. The van der Waals surface area contributed by atoms with E-state index in [-0.39, 0.29) is 25.3 Å². The van der Waals surface area contributed by atoms with Crippen molar-refractivity contribution >= 4 is 21.9 Å². The van der Waals surface area contributed by atoms with Gasteiger partial charge in [-0.05, 0) is 18.6 Å². The Bertz CT molecular complexity index is 779. The number of methoxy groups -OCH3 is 2. The molecule has 1 saturated heterocycles. The summed E-state index contributed by atoms with van der Waals surface area (Å²) < 4.78 is 35.1. The minimum atomic E-state index is -3.41. The molecule has 1 unspecified atom stereocenters. The predicted molar refractivity (Wildman–Crippen MR) is 92.7 cm³/mol. The first kappa shape index (κ1) is 20.0. The van der Waals surface area contributed by atoms with E-state index in [4.69, 9.17) is 14.6 Å². The molecule has 0 bridgehead atoms. The summed E-state index contributed by atoms with van der Waals surface area (Å²) in [6, 6.07) is 3.95. The molecule has 144 valence electrons. The molecule has 0 aliphatic carbocycles. The third-order valence-corrected chi connectivity index (χ3v) is 5.96. The van der Waals surface area contributed by atoms with E-state index in [0.29, 0.717) is 23.5 Å². The van der Waals surface area contributed by atoms with Crippen molar-refractivity contribution in [1.82, 2.24) is 9.62 Å². The zero-order valence-electron chi connectivity index (χ0n) is 14.6. The number of carboxylic acids is 1. The number of ether oxygens (including phenoxy) is 2. The Morgan fingerprint density at radius 1 is 1.31 bits per heavy atom. The Morgan fingerprint density at radius 3 is 2.58 bits per heavy atom. The van der Waals surface area contributed by atoms with Crippen LogP contribution in [0, 0.1) is 0 Å². The van der Waals surface area contributed by atoms with Gasteiger partial charge in [0.15, 0.2) is 0 Å². The number of aliphatic carboxylic acids is 1. The van der Waals surface area contributed by atoms with E-state index in [0.717, 1.165) is 4.31 Å². The fourth-order valence-electron chi connectivity index (χ4n) is 2.79. The zero-order valence-corrected chi connectivity index (χ0v) is 15.4. The van der Waals surface area contributed by atoms with Crippen LogP contribution < -0.4 is 14.8 Å². The van der Waals surface area contributed by atoms with E-state index in [2.05, 4.69) is 5.32 Å². The average Bonchev–Trinajstić information content (AvgIpc) is 2.91. The summed E-state index contributed by atoms with van der Waals surface area (Å²) in [5, 5.41) is 11.8. The third kappa shape index (κ3) is 4.85. The topological polar surface area (TPSA) is 122 Å². The molecule has 1 aliphatic rings. The van der Waals surface area contributed by atoms with Crippen molar-refractivity contribution in [3.8, 4) is 11.5 Å². The second kappa shape index (κ2) is 8.37. The first-order valence-corrected chi connectivity index (χ1v) is 9.58. The molecule has 0 spiro atoms. The maximum absolute atomic E-state index is 12.3. The second-order valence-electron chi connectivity index (χ2n) is 5.83. The summed E-state index contributed by atoms with van der Waals surface area (Å²) in [6.07, 6.45) is 0.0989. The van der Waals surface area contributed by atoms with Crippen LogP contribution in [0.5, 0.6) is 11.5 Å². The number of hydrogen-bond donors (Lipinski definition) is 2. The highest BCUT2D eigenvalue weighted by Gasteiger charge is 2.31. The van der Waals surface area contributed by atoms with Gasteiger partial charge in [0.1, 0.15) is 11.5 Å². The highest BCUT2D eigenvalue weighted by Crippen LogP contribution is 2.31. The fraction of sp³-hybridized carbons (Fsp3) is 0.500. The number of hydrogen-bond acceptors (Lipinski definition) is 6. The van der Waals surface area contributed by atoms with Gasteiger partial charge < -0.3 is 19.9 Å². The molecular formula is C16H22N2O7S. The maximum atomic E-state index is 12.3. The molecule has 1 atom stereocenters. The molecule has 2 N–H and O–H groups in total. The lowest BCUT2D eigenvalue weighted by Crippen LogP contribution is -2.40. The van der Waals surface area contributed by atoms with Crippen LogP contribution in [0.25, 0.3) is 0 Å². The Labute approximate surface area is 151 Å². The average molecular weight is 386 g/mol. The molecule has 26 heavy (non-hydrogen) atoms. The van der Waals surface area contributed by atoms with E-state index in [9.17, 15) is 18.0 Å². The second-order valence-corrected chi connectivity index (χ2v) is 7.92. The molecular weight excluding hydrogens is 364 g/mol. The van der Waals surface area contributed by atoms with E-state index in [1.807, 2.05) is 0 Å². The van der Waals surface area contributed by atoms with Crippen molar-refractivity contribution < 1.29 is 32.6 Å². The van der Waals surface area contributed by atoms with Gasteiger partial charge in [0.05, 0.1) is 39.0 Å². The van der Waals surface area contributed by atoms with Crippen molar-refractivity contribution in [2.45, 2.75) is 18.9 Å². The van der Waals surface area contributed by atoms with Gasteiger partial charge in [-0.3, -0.25) is 9.59 Å². The molecule has 1 heterocycles. The molecule has 0 saturated carbocycles. The summed E-state index contributed by atoms with van der Waals surface area (Å²) in [5.41, 5.74) is 0.466. The number of carbonyl (C=O) groups excluding carboxylic acids is 1. The Hall–Kier alpha value is -2.33. The van der Waals surface area contributed by atoms with Gasteiger partial charge in [0.2, 0.25) is 15.9 Å². The summed E-state index contributed by atoms with van der Waals surface area (Å²) in [6.45, 7) is -0.0534. The molecule has 1 aromatic rings. The molecule has 1 amide bonds. The highest BCUT2D eigenvalue weighted by molar-refractivity contribution is 7.89. The van der Waals surface area contributed by atoms with Gasteiger partial charge in [-0.15, -0.1) is 0 Å². The molecule has 0 aromatic heterocycles. The van der Waals surface area contributed by atoms with Crippen LogP contribution in [-0.4, -0.2) is 62.8 Å². The van der Waals surface area contributed by atoms with Gasteiger partial charge in [-0.25, -0.2) is 8.42 Å². The molecule has 0 radical (unpaired) electrons. The van der Waals surface area contributed by atoms with Gasteiger partial charge in [0, 0.05) is 18.2 Å². The molecule has 1 aromatic carbocycles. The zero-order chi connectivity index (χ0) is 19.3. The van der Waals surface area contributed by atoms with Crippen LogP contribution in [0.4, 0.5) is 0 Å². The fourth-order valence-corrected chi connectivity index (χ4v) is 4.26. The monoisotopic (exact) mass is 386 g/mol. The summed E-state index contributed by atoms with van der Waals surface area (Å²) >= 11 is 0. The quantitative estimate of drug-likeness (QED) is 0.662. The van der Waals surface area contributed by atoms with Crippen molar-refractivity contribution in [3.05, 3.63) is 23.8 Å². The number of benzene rings is 1. The third-order valence-electron chi connectivity index (χ3n) is 4.05. The van der Waals surface area contributed by atoms with Crippen molar-refractivity contribution in [1.29, 1.82) is 0 Å². The van der Waals surface area contributed by atoms with Crippen LogP contribution >= 0.6 is 0 Å². The first-order chi connectivity index (χ1) is 12.3. The maximum Gasteiger partial charge on any atom is 0.305 e. The molecule has 1 aliphatic heterocycles. The van der Waals surface area contributed by atoms with Crippen molar-refractivity contribution in [2.75, 3.05) is 33.1 Å². The van der Waals surface area contributed by atoms with Crippen LogP contribution in [0.1, 0.15) is 24.4 Å². The van der Waals surface area contributed by atoms with Gasteiger partial charge in [-0.1, -0.05) is 0 Å². The molecule has 9 nitrogen and oxygen atoms in total. The van der Waals surface area contributed by atoms with Gasteiger partial charge in [0.25, 0.3) is 0 Å². The lowest BCUT2D eigenvalue weighted by atomic mass is 10.0. The predicted octanol–water partition coefficient (Wildman–Crippen LogP) is 0.371. The number of carboxylic acid groups (broad SMARTS) is 1. The summed E-state index contributed by atoms with van der Waals surface area (Å²) in [4.78, 5) is 23.5. The van der Waals surface area contributed by atoms with Gasteiger partial charge >= 0.3 is 5.97 Å². The Balaban J connectivity index is 2.19. The molecule has 10 heteroatoms. The number of sulfonamides is 1.